The van der Waals surface area contributed by atoms with Crippen molar-refractivity contribution >= 4 is 0 Å². The SMILES string of the molecule is CC(C)CCN1CC(C#N)CC1(C)C. The van der Waals surface area contributed by atoms with E-state index in [1.165, 1.54) is 6.42 Å². The molecule has 2 heteroatoms. The standard InChI is InChI=1S/C12H22N2/c1-10(2)5-6-14-9-11(8-13)7-12(14,3)4/h10-11H,5-7,9H2,1-4H3. The van der Waals surface area contributed by atoms with E-state index >= 15 is 0 Å². The number of rotatable bonds is 3. The van der Waals surface area contributed by atoms with Crippen LogP contribution in [0.4, 0.5) is 0 Å². The van der Waals surface area contributed by atoms with Crippen molar-refractivity contribution < 1.29 is 0 Å². The lowest BCUT2D eigenvalue weighted by molar-refractivity contribution is 0.166. The van der Waals surface area contributed by atoms with Gasteiger partial charge in [0.2, 0.25) is 0 Å². The first kappa shape index (κ1) is 11.5. The number of likely N-dealkylation sites (tertiary alicyclic amines) is 1. The summed E-state index contributed by atoms with van der Waals surface area (Å²) >= 11 is 0. The van der Waals surface area contributed by atoms with Gasteiger partial charge >= 0.3 is 0 Å². The van der Waals surface area contributed by atoms with Gasteiger partial charge in [0.05, 0.1) is 12.0 Å². The fourth-order valence-corrected chi connectivity index (χ4v) is 2.20. The highest BCUT2D eigenvalue weighted by molar-refractivity contribution is 5.00. The molecule has 14 heavy (non-hydrogen) atoms. The van der Waals surface area contributed by atoms with Gasteiger partial charge in [-0.05, 0) is 39.2 Å². The molecule has 0 radical (unpaired) electrons. The summed E-state index contributed by atoms with van der Waals surface area (Å²) in [6.07, 6.45) is 2.27. The van der Waals surface area contributed by atoms with Crippen molar-refractivity contribution in [3.8, 4) is 6.07 Å². The predicted molar refractivity (Wildman–Crippen MR) is 58.8 cm³/mol. The molecule has 1 fully saturated rings. The molecule has 1 atom stereocenters. The Bertz CT molecular complexity index is 225. The molecule has 1 saturated heterocycles. The van der Waals surface area contributed by atoms with Crippen molar-refractivity contribution in [1.82, 2.24) is 4.90 Å². The molecule has 1 aliphatic rings. The number of hydrogen-bond donors (Lipinski definition) is 0. The average molecular weight is 194 g/mol. The van der Waals surface area contributed by atoms with E-state index in [-0.39, 0.29) is 11.5 Å². The average Bonchev–Trinajstić information content (AvgIpc) is 2.37. The van der Waals surface area contributed by atoms with E-state index in [0.717, 1.165) is 25.4 Å². The van der Waals surface area contributed by atoms with Crippen LogP contribution in [0, 0.1) is 23.2 Å². The molecule has 0 aromatic heterocycles. The van der Waals surface area contributed by atoms with Gasteiger partial charge in [-0.25, -0.2) is 0 Å². The summed E-state index contributed by atoms with van der Waals surface area (Å²) in [6.45, 7) is 11.1. The van der Waals surface area contributed by atoms with Crippen LogP contribution in [0.2, 0.25) is 0 Å². The fourth-order valence-electron chi connectivity index (χ4n) is 2.20. The Morgan fingerprint density at radius 3 is 2.57 bits per heavy atom. The first-order valence-electron chi connectivity index (χ1n) is 5.60. The summed E-state index contributed by atoms with van der Waals surface area (Å²) in [6, 6.07) is 2.40. The minimum atomic E-state index is 0.231. The van der Waals surface area contributed by atoms with Crippen molar-refractivity contribution in [2.24, 2.45) is 11.8 Å². The van der Waals surface area contributed by atoms with E-state index in [2.05, 4.69) is 38.7 Å². The zero-order chi connectivity index (χ0) is 10.8. The summed E-state index contributed by atoms with van der Waals surface area (Å²) in [5.41, 5.74) is 0.231. The van der Waals surface area contributed by atoms with Crippen molar-refractivity contribution in [2.45, 2.75) is 46.1 Å². The monoisotopic (exact) mass is 194 g/mol. The molecule has 0 N–H and O–H groups in total. The molecule has 0 aromatic rings. The van der Waals surface area contributed by atoms with Gasteiger partial charge in [0.1, 0.15) is 0 Å². The topological polar surface area (TPSA) is 27.0 Å². The van der Waals surface area contributed by atoms with E-state index in [1.807, 2.05) is 0 Å². The predicted octanol–water partition coefficient (Wildman–Crippen LogP) is 2.66. The molecule has 1 aliphatic heterocycles. The molecular formula is C12H22N2. The summed E-state index contributed by atoms with van der Waals surface area (Å²) in [4.78, 5) is 2.47. The van der Waals surface area contributed by atoms with Crippen LogP contribution in [0.1, 0.15) is 40.5 Å². The highest BCUT2D eigenvalue weighted by Gasteiger charge is 2.37. The van der Waals surface area contributed by atoms with Gasteiger partial charge < -0.3 is 0 Å². The van der Waals surface area contributed by atoms with Crippen LogP contribution in [0.3, 0.4) is 0 Å². The molecule has 0 spiro atoms. The molecule has 1 rings (SSSR count). The molecule has 80 valence electrons. The fraction of sp³-hybridized carbons (Fsp3) is 0.917. The number of nitrogens with zero attached hydrogens (tertiary/aromatic N) is 2. The van der Waals surface area contributed by atoms with Crippen LogP contribution in [0.15, 0.2) is 0 Å². The quantitative estimate of drug-likeness (QED) is 0.690. The third kappa shape index (κ3) is 2.72. The molecule has 2 nitrogen and oxygen atoms in total. The zero-order valence-electron chi connectivity index (χ0n) is 9.88. The second kappa shape index (κ2) is 4.31. The van der Waals surface area contributed by atoms with Crippen LogP contribution in [0.25, 0.3) is 0 Å². The first-order chi connectivity index (χ1) is 6.45. The maximum atomic E-state index is 8.92. The van der Waals surface area contributed by atoms with Gasteiger partial charge in [-0.2, -0.15) is 5.26 Å². The molecular weight excluding hydrogens is 172 g/mol. The molecule has 0 saturated carbocycles. The van der Waals surface area contributed by atoms with Gasteiger partial charge in [0.25, 0.3) is 0 Å². The summed E-state index contributed by atoms with van der Waals surface area (Å²) < 4.78 is 0. The van der Waals surface area contributed by atoms with Crippen LogP contribution >= 0.6 is 0 Å². The van der Waals surface area contributed by atoms with Gasteiger partial charge in [-0.3, -0.25) is 4.90 Å². The van der Waals surface area contributed by atoms with E-state index in [0.29, 0.717) is 0 Å². The normalized spacial score (nSPS) is 26.7. The molecule has 1 unspecified atom stereocenters. The van der Waals surface area contributed by atoms with Gasteiger partial charge in [0, 0.05) is 12.1 Å². The van der Waals surface area contributed by atoms with E-state index in [1.54, 1.807) is 0 Å². The minimum absolute atomic E-state index is 0.231. The van der Waals surface area contributed by atoms with E-state index < -0.39 is 0 Å². The van der Waals surface area contributed by atoms with Crippen LogP contribution in [0.5, 0.6) is 0 Å². The van der Waals surface area contributed by atoms with Crippen molar-refractivity contribution in [3.63, 3.8) is 0 Å². The lowest BCUT2D eigenvalue weighted by Gasteiger charge is -2.31. The highest BCUT2D eigenvalue weighted by atomic mass is 15.2. The number of hydrogen-bond acceptors (Lipinski definition) is 2. The smallest absolute Gasteiger partial charge is 0.0670 e. The Hall–Kier alpha value is -0.550. The Kier molecular flexibility index (Phi) is 3.55. The van der Waals surface area contributed by atoms with Crippen molar-refractivity contribution in [1.29, 1.82) is 5.26 Å². The number of nitriles is 1. The maximum Gasteiger partial charge on any atom is 0.0670 e. The van der Waals surface area contributed by atoms with E-state index in [9.17, 15) is 0 Å². The molecule has 0 amide bonds. The van der Waals surface area contributed by atoms with Gasteiger partial charge in [-0.1, -0.05) is 13.8 Å². The van der Waals surface area contributed by atoms with Gasteiger partial charge in [0.15, 0.2) is 0 Å². The van der Waals surface area contributed by atoms with Crippen molar-refractivity contribution in [2.75, 3.05) is 13.1 Å². The molecule has 0 aliphatic carbocycles. The van der Waals surface area contributed by atoms with Crippen LogP contribution in [-0.2, 0) is 0 Å². The van der Waals surface area contributed by atoms with Crippen LogP contribution in [-0.4, -0.2) is 23.5 Å². The minimum Gasteiger partial charge on any atom is -0.297 e. The Morgan fingerprint density at radius 2 is 2.14 bits per heavy atom. The molecule has 0 aromatic carbocycles. The first-order valence-corrected chi connectivity index (χ1v) is 5.60. The third-order valence-electron chi connectivity index (χ3n) is 3.20. The van der Waals surface area contributed by atoms with E-state index in [4.69, 9.17) is 5.26 Å². The molecule has 1 heterocycles. The van der Waals surface area contributed by atoms with Gasteiger partial charge in [-0.15, -0.1) is 0 Å². The van der Waals surface area contributed by atoms with Crippen molar-refractivity contribution in [3.05, 3.63) is 0 Å². The Labute approximate surface area is 87.9 Å². The summed E-state index contributed by atoms with van der Waals surface area (Å²) in [5.74, 6) is 1.00. The highest BCUT2D eigenvalue weighted by Crippen LogP contribution is 2.32. The summed E-state index contributed by atoms with van der Waals surface area (Å²) in [5, 5.41) is 8.92. The lowest BCUT2D eigenvalue weighted by Crippen LogP contribution is -2.39. The Morgan fingerprint density at radius 1 is 1.50 bits per heavy atom. The second-order valence-electron chi connectivity index (χ2n) is 5.47. The second-order valence-corrected chi connectivity index (χ2v) is 5.47. The summed E-state index contributed by atoms with van der Waals surface area (Å²) in [7, 11) is 0. The largest absolute Gasteiger partial charge is 0.297 e. The zero-order valence-corrected chi connectivity index (χ0v) is 9.88. The third-order valence-corrected chi connectivity index (χ3v) is 3.20. The Balaban J connectivity index is 2.49. The molecule has 0 bridgehead atoms. The van der Waals surface area contributed by atoms with Crippen LogP contribution < -0.4 is 0 Å². The lowest BCUT2D eigenvalue weighted by atomic mass is 9.97. The maximum absolute atomic E-state index is 8.92.